The molecule has 3 heterocycles. The van der Waals surface area contributed by atoms with Gasteiger partial charge in [-0.1, -0.05) is 12.1 Å². The highest BCUT2D eigenvalue weighted by Gasteiger charge is 2.23. The van der Waals surface area contributed by atoms with Gasteiger partial charge in [-0.2, -0.15) is 9.61 Å². The van der Waals surface area contributed by atoms with Crippen molar-refractivity contribution >= 4 is 11.6 Å². The molecule has 8 heteroatoms. The van der Waals surface area contributed by atoms with Crippen LogP contribution >= 0.6 is 0 Å². The van der Waals surface area contributed by atoms with E-state index in [1.807, 2.05) is 0 Å². The van der Waals surface area contributed by atoms with Crippen molar-refractivity contribution < 1.29 is 14.3 Å². The molecule has 4 rings (SSSR count). The minimum atomic E-state index is -0.310. The summed E-state index contributed by atoms with van der Waals surface area (Å²) in [6, 6.07) is 6.23. The number of hydrogen-bond acceptors (Lipinski definition) is 5. The van der Waals surface area contributed by atoms with Crippen LogP contribution in [0, 0.1) is 12.7 Å². The summed E-state index contributed by atoms with van der Waals surface area (Å²) >= 11 is 0. The summed E-state index contributed by atoms with van der Waals surface area (Å²) in [4.78, 5) is 19.5. The molecule has 152 valence electrons. The van der Waals surface area contributed by atoms with Crippen LogP contribution < -0.4 is 5.32 Å². The molecule has 0 radical (unpaired) electrons. The second-order valence-electron chi connectivity index (χ2n) is 7.65. The number of likely N-dealkylation sites (tertiary alicyclic amines) is 1. The SMILES string of the molecule is Cc1nc2c(C(=O)NC3CCN(C)CC3)cnn2c(O)c1Cc1ccc(F)cc1. The molecule has 0 atom stereocenters. The fraction of sp³-hybridized carbons (Fsp3) is 0.381. The number of rotatable bonds is 4. The summed E-state index contributed by atoms with van der Waals surface area (Å²) in [5.74, 6) is -0.599. The highest BCUT2D eigenvalue weighted by molar-refractivity contribution is 6.00. The summed E-state index contributed by atoms with van der Waals surface area (Å²) < 4.78 is 14.4. The fourth-order valence-electron chi connectivity index (χ4n) is 3.71. The number of carbonyl (C=O) groups is 1. The standard InChI is InChI=1S/C21H24FN5O2/c1-13-17(11-14-3-5-15(22)6-4-14)21(29)27-19(24-13)18(12-23-27)20(28)25-16-7-9-26(2)10-8-16/h3-6,12,16,29H,7-11H2,1-2H3,(H,25,28). The Labute approximate surface area is 168 Å². The Morgan fingerprint density at radius 2 is 1.97 bits per heavy atom. The van der Waals surface area contributed by atoms with Gasteiger partial charge in [0.2, 0.25) is 5.88 Å². The van der Waals surface area contributed by atoms with Crippen molar-refractivity contribution in [3.8, 4) is 5.88 Å². The summed E-state index contributed by atoms with van der Waals surface area (Å²) in [5.41, 5.74) is 2.71. The van der Waals surface area contributed by atoms with Gasteiger partial charge in [0.05, 0.1) is 6.20 Å². The van der Waals surface area contributed by atoms with Gasteiger partial charge in [0.15, 0.2) is 5.65 Å². The van der Waals surface area contributed by atoms with E-state index in [2.05, 4.69) is 27.3 Å². The molecule has 1 aliphatic rings. The van der Waals surface area contributed by atoms with E-state index in [1.54, 1.807) is 19.1 Å². The van der Waals surface area contributed by atoms with E-state index in [-0.39, 0.29) is 23.6 Å². The predicted octanol–water partition coefficient (Wildman–Crippen LogP) is 2.30. The van der Waals surface area contributed by atoms with Crippen LogP contribution in [-0.4, -0.2) is 56.7 Å². The van der Waals surface area contributed by atoms with E-state index in [0.29, 0.717) is 28.9 Å². The van der Waals surface area contributed by atoms with Crippen molar-refractivity contribution in [1.82, 2.24) is 24.8 Å². The molecule has 0 saturated carbocycles. The number of aryl methyl sites for hydroxylation is 1. The van der Waals surface area contributed by atoms with Gasteiger partial charge in [-0.15, -0.1) is 0 Å². The van der Waals surface area contributed by atoms with Crippen LogP contribution in [-0.2, 0) is 6.42 Å². The number of fused-ring (bicyclic) bond motifs is 1. The summed E-state index contributed by atoms with van der Waals surface area (Å²) in [6.07, 6.45) is 3.63. The number of amides is 1. The van der Waals surface area contributed by atoms with Crippen LogP contribution in [0.1, 0.15) is 40.0 Å². The molecule has 0 aliphatic carbocycles. The lowest BCUT2D eigenvalue weighted by atomic mass is 10.0. The van der Waals surface area contributed by atoms with Crippen LogP contribution in [0.15, 0.2) is 30.5 Å². The molecule has 2 N–H and O–H groups in total. The van der Waals surface area contributed by atoms with Gasteiger partial charge >= 0.3 is 0 Å². The lowest BCUT2D eigenvalue weighted by Crippen LogP contribution is -2.43. The van der Waals surface area contributed by atoms with Crippen LogP contribution in [0.5, 0.6) is 5.88 Å². The van der Waals surface area contributed by atoms with Gasteiger partial charge in [-0.25, -0.2) is 9.37 Å². The number of benzene rings is 1. The number of nitrogens with one attached hydrogen (secondary N) is 1. The van der Waals surface area contributed by atoms with Crippen molar-refractivity contribution in [3.63, 3.8) is 0 Å². The number of aromatic nitrogens is 3. The minimum absolute atomic E-state index is 0.0600. The smallest absolute Gasteiger partial charge is 0.256 e. The number of carbonyl (C=O) groups excluding carboxylic acids is 1. The zero-order valence-electron chi connectivity index (χ0n) is 16.5. The van der Waals surface area contributed by atoms with E-state index in [4.69, 9.17) is 0 Å². The zero-order chi connectivity index (χ0) is 20.5. The largest absolute Gasteiger partial charge is 0.493 e. The van der Waals surface area contributed by atoms with Crippen LogP contribution in [0.4, 0.5) is 4.39 Å². The minimum Gasteiger partial charge on any atom is -0.493 e. The Balaban J connectivity index is 1.60. The highest BCUT2D eigenvalue weighted by Crippen LogP contribution is 2.25. The van der Waals surface area contributed by atoms with E-state index in [1.165, 1.54) is 22.8 Å². The maximum absolute atomic E-state index is 13.1. The van der Waals surface area contributed by atoms with Crippen LogP contribution in [0.3, 0.4) is 0 Å². The number of nitrogens with zero attached hydrogens (tertiary/aromatic N) is 4. The molecule has 1 amide bonds. The molecule has 1 fully saturated rings. The summed E-state index contributed by atoms with van der Waals surface area (Å²) in [7, 11) is 2.07. The second-order valence-corrected chi connectivity index (χ2v) is 7.65. The van der Waals surface area contributed by atoms with Gasteiger partial charge in [0, 0.05) is 23.7 Å². The van der Waals surface area contributed by atoms with E-state index in [0.717, 1.165) is 31.5 Å². The van der Waals surface area contributed by atoms with Crippen molar-refractivity contribution in [3.05, 3.63) is 58.7 Å². The Morgan fingerprint density at radius 3 is 2.66 bits per heavy atom. The molecular weight excluding hydrogens is 373 g/mol. The molecule has 0 unspecified atom stereocenters. The van der Waals surface area contributed by atoms with Gasteiger partial charge in [0.25, 0.3) is 5.91 Å². The second kappa shape index (κ2) is 7.79. The summed E-state index contributed by atoms with van der Waals surface area (Å²) in [5, 5.41) is 18.0. The molecular formula is C21H24FN5O2. The van der Waals surface area contributed by atoms with E-state index < -0.39 is 0 Å². The molecule has 2 aromatic heterocycles. The first kappa shape index (κ1) is 19.3. The monoisotopic (exact) mass is 397 g/mol. The third-order valence-corrected chi connectivity index (χ3v) is 5.52. The molecule has 29 heavy (non-hydrogen) atoms. The molecule has 1 aromatic carbocycles. The van der Waals surface area contributed by atoms with E-state index in [9.17, 15) is 14.3 Å². The van der Waals surface area contributed by atoms with Crippen molar-refractivity contribution in [2.75, 3.05) is 20.1 Å². The maximum atomic E-state index is 13.1. The Kier molecular flexibility index (Phi) is 5.19. The van der Waals surface area contributed by atoms with Crippen molar-refractivity contribution in [2.45, 2.75) is 32.2 Å². The third-order valence-electron chi connectivity index (χ3n) is 5.52. The third kappa shape index (κ3) is 3.93. The van der Waals surface area contributed by atoms with Crippen molar-refractivity contribution in [2.24, 2.45) is 0 Å². The van der Waals surface area contributed by atoms with Crippen molar-refractivity contribution in [1.29, 1.82) is 0 Å². The summed E-state index contributed by atoms with van der Waals surface area (Å²) in [6.45, 7) is 3.68. The Bertz CT molecular complexity index is 1040. The topological polar surface area (TPSA) is 82.8 Å². The van der Waals surface area contributed by atoms with Gasteiger partial charge in [-0.05, 0) is 57.6 Å². The average molecular weight is 397 g/mol. The quantitative estimate of drug-likeness (QED) is 0.706. The number of aromatic hydroxyl groups is 1. The van der Waals surface area contributed by atoms with Crippen LogP contribution in [0.25, 0.3) is 5.65 Å². The highest BCUT2D eigenvalue weighted by atomic mass is 19.1. The Hall–Kier alpha value is -3.00. The van der Waals surface area contributed by atoms with Gasteiger partial charge in [0.1, 0.15) is 11.4 Å². The van der Waals surface area contributed by atoms with Crippen LogP contribution in [0.2, 0.25) is 0 Å². The lowest BCUT2D eigenvalue weighted by Gasteiger charge is -2.29. The molecule has 1 saturated heterocycles. The number of halogens is 1. The fourth-order valence-corrected chi connectivity index (χ4v) is 3.71. The molecule has 1 aliphatic heterocycles. The van der Waals surface area contributed by atoms with E-state index >= 15 is 0 Å². The predicted molar refractivity (Wildman–Crippen MR) is 107 cm³/mol. The first-order valence-corrected chi connectivity index (χ1v) is 9.72. The number of hydrogen-bond donors (Lipinski definition) is 2. The maximum Gasteiger partial charge on any atom is 0.256 e. The molecule has 0 spiro atoms. The van der Waals surface area contributed by atoms with Gasteiger partial charge < -0.3 is 15.3 Å². The Morgan fingerprint density at radius 1 is 1.28 bits per heavy atom. The normalized spacial score (nSPS) is 15.7. The molecule has 3 aromatic rings. The number of piperidine rings is 1. The first-order valence-electron chi connectivity index (χ1n) is 9.72. The lowest BCUT2D eigenvalue weighted by molar-refractivity contribution is 0.0918. The van der Waals surface area contributed by atoms with Gasteiger partial charge in [-0.3, -0.25) is 4.79 Å². The average Bonchev–Trinajstić information content (AvgIpc) is 3.12. The zero-order valence-corrected chi connectivity index (χ0v) is 16.5. The molecule has 0 bridgehead atoms. The first-order chi connectivity index (χ1) is 13.9. The molecule has 7 nitrogen and oxygen atoms in total.